The lowest BCUT2D eigenvalue weighted by molar-refractivity contribution is -0.148. The Bertz CT molecular complexity index is 1140. The number of nitrogens with zero attached hydrogens (tertiary/aromatic N) is 1. The number of para-hydroxylation sites is 1. The highest BCUT2D eigenvalue weighted by Gasteiger charge is 2.72. The molecule has 7 nitrogen and oxygen atoms in total. The number of aliphatic hydroxyl groups excluding tert-OH is 1. The minimum absolute atomic E-state index is 0.382. The van der Waals surface area contributed by atoms with E-state index in [1.807, 2.05) is 0 Å². The first-order chi connectivity index (χ1) is 15.1. The summed E-state index contributed by atoms with van der Waals surface area (Å²) in [6.07, 6.45) is -1.13. The summed E-state index contributed by atoms with van der Waals surface area (Å²) in [6.45, 7) is 5.37. The van der Waals surface area contributed by atoms with E-state index in [1.165, 1.54) is 4.90 Å². The van der Waals surface area contributed by atoms with E-state index < -0.39 is 46.9 Å². The van der Waals surface area contributed by atoms with E-state index in [4.69, 9.17) is 11.6 Å². The third-order valence-corrected chi connectivity index (χ3v) is 7.03. The lowest BCUT2D eigenvalue weighted by Crippen LogP contribution is -2.56. The zero-order chi connectivity index (χ0) is 23.0. The number of carbonyl (C=O) groups excluding carboxylic acids is 3. The minimum Gasteiger partial charge on any atom is -0.387 e. The number of fused-ring (bicyclic) bond motifs is 4. The van der Waals surface area contributed by atoms with Crippen molar-refractivity contribution in [2.45, 2.75) is 44.0 Å². The van der Waals surface area contributed by atoms with Gasteiger partial charge < -0.3 is 10.4 Å². The van der Waals surface area contributed by atoms with E-state index in [1.54, 1.807) is 69.3 Å². The van der Waals surface area contributed by atoms with Crippen LogP contribution in [0.4, 0.5) is 5.69 Å². The molecule has 0 saturated carbocycles. The molecular formula is C24H24ClN3O4. The molecule has 0 aliphatic carbocycles. The Morgan fingerprint density at radius 3 is 2.34 bits per heavy atom. The SMILES string of the molecule is CC(C)(C)N1C(=O)[C@@H]2[C@H]([C@H](O)c3ccc(Cl)cc3)N[C@@]3(C(=O)Nc4ccccc43)[C@H]2C1=O. The standard InChI is InChI=1S/C24H24ClN3O4/c1-23(2,3)28-20(30)16-17(21(28)31)24(14-6-4-5-7-15(14)26-22(24)32)27-18(16)19(29)12-8-10-13(25)11-9-12/h4-11,16-19,27,29H,1-3H3,(H,26,32)/t16-,17+,18+,19+,24+/m0/s1. The molecular weight excluding hydrogens is 430 g/mol. The molecule has 8 heteroatoms. The van der Waals surface area contributed by atoms with E-state index in [0.29, 0.717) is 21.8 Å². The van der Waals surface area contributed by atoms with Crippen LogP contribution in [0.5, 0.6) is 0 Å². The van der Waals surface area contributed by atoms with Gasteiger partial charge in [0.05, 0.1) is 24.0 Å². The number of hydrogen-bond donors (Lipinski definition) is 3. The third kappa shape index (κ3) is 2.71. The highest BCUT2D eigenvalue weighted by molar-refractivity contribution is 6.30. The predicted octanol–water partition coefficient (Wildman–Crippen LogP) is 2.59. The maximum atomic E-state index is 13.7. The fourth-order valence-electron chi connectivity index (χ4n) is 5.49. The van der Waals surface area contributed by atoms with E-state index >= 15 is 0 Å². The van der Waals surface area contributed by atoms with Crippen LogP contribution in [-0.2, 0) is 19.9 Å². The fourth-order valence-corrected chi connectivity index (χ4v) is 5.61. The number of imide groups is 1. The number of aliphatic hydroxyl groups is 1. The topological polar surface area (TPSA) is 98.7 Å². The van der Waals surface area contributed by atoms with Crippen LogP contribution in [0, 0.1) is 11.8 Å². The lowest BCUT2D eigenvalue weighted by atomic mass is 9.76. The number of nitrogens with one attached hydrogen (secondary N) is 2. The Labute approximate surface area is 190 Å². The van der Waals surface area contributed by atoms with Crippen LogP contribution >= 0.6 is 11.6 Å². The lowest BCUT2D eigenvalue weighted by Gasteiger charge is -2.35. The molecule has 0 aromatic heterocycles. The van der Waals surface area contributed by atoms with Crippen molar-refractivity contribution < 1.29 is 19.5 Å². The number of rotatable bonds is 2. The quantitative estimate of drug-likeness (QED) is 0.607. The predicted molar refractivity (Wildman–Crippen MR) is 119 cm³/mol. The van der Waals surface area contributed by atoms with Crippen LogP contribution in [0.2, 0.25) is 5.02 Å². The van der Waals surface area contributed by atoms with Gasteiger partial charge in [0.2, 0.25) is 17.7 Å². The summed E-state index contributed by atoms with van der Waals surface area (Å²) in [7, 11) is 0. The molecule has 3 heterocycles. The summed E-state index contributed by atoms with van der Waals surface area (Å²) in [5.41, 5.74) is -0.442. The molecule has 2 fully saturated rings. The maximum absolute atomic E-state index is 13.7. The van der Waals surface area contributed by atoms with Crippen molar-refractivity contribution in [3.63, 3.8) is 0 Å². The molecule has 2 aromatic rings. The summed E-state index contributed by atoms with van der Waals surface area (Å²) in [5, 5.41) is 17.9. The number of halogens is 1. The Hall–Kier alpha value is -2.74. The number of benzene rings is 2. The van der Waals surface area contributed by atoms with Gasteiger partial charge in [0.15, 0.2) is 0 Å². The van der Waals surface area contributed by atoms with Crippen molar-refractivity contribution in [3.8, 4) is 0 Å². The molecule has 1 spiro atoms. The molecule has 5 rings (SSSR count). The number of hydrogen-bond acceptors (Lipinski definition) is 5. The molecule has 32 heavy (non-hydrogen) atoms. The van der Waals surface area contributed by atoms with Crippen molar-refractivity contribution in [2.75, 3.05) is 5.32 Å². The van der Waals surface area contributed by atoms with Gasteiger partial charge in [-0.15, -0.1) is 0 Å². The van der Waals surface area contributed by atoms with Gasteiger partial charge >= 0.3 is 0 Å². The summed E-state index contributed by atoms with van der Waals surface area (Å²) in [5.74, 6) is -3.05. The van der Waals surface area contributed by atoms with Crippen molar-refractivity contribution >= 4 is 35.0 Å². The molecule has 2 saturated heterocycles. The van der Waals surface area contributed by atoms with Gasteiger partial charge in [-0.3, -0.25) is 24.6 Å². The molecule has 0 unspecified atom stereocenters. The molecule has 0 bridgehead atoms. The fraction of sp³-hybridized carbons (Fsp3) is 0.375. The largest absolute Gasteiger partial charge is 0.387 e. The van der Waals surface area contributed by atoms with Crippen molar-refractivity contribution in [1.82, 2.24) is 10.2 Å². The number of carbonyl (C=O) groups is 3. The number of likely N-dealkylation sites (tertiary alicyclic amines) is 1. The number of anilines is 1. The van der Waals surface area contributed by atoms with Gasteiger partial charge in [0, 0.05) is 21.8 Å². The second kappa shape index (κ2) is 6.88. The van der Waals surface area contributed by atoms with Crippen molar-refractivity contribution in [2.24, 2.45) is 11.8 Å². The normalized spacial score (nSPS) is 30.0. The van der Waals surface area contributed by atoms with Crippen LogP contribution in [0.1, 0.15) is 38.0 Å². The van der Waals surface area contributed by atoms with Crippen LogP contribution < -0.4 is 10.6 Å². The summed E-state index contributed by atoms with van der Waals surface area (Å²) in [6, 6.07) is 13.0. The smallest absolute Gasteiger partial charge is 0.250 e. The van der Waals surface area contributed by atoms with Crippen molar-refractivity contribution in [1.29, 1.82) is 0 Å². The van der Waals surface area contributed by atoms with Gasteiger partial charge in [-0.2, -0.15) is 0 Å². The molecule has 3 aliphatic rings. The minimum atomic E-state index is -1.44. The molecule has 3 amide bonds. The first kappa shape index (κ1) is 21.1. The van der Waals surface area contributed by atoms with Gasteiger partial charge in [0.1, 0.15) is 5.54 Å². The molecule has 0 radical (unpaired) electrons. The second-order valence-corrected chi connectivity index (χ2v) is 10.1. The van der Waals surface area contributed by atoms with Crippen LogP contribution in [-0.4, -0.2) is 39.3 Å². The van der Waals surface area contributed by atoms with Crippen LogP contribution in [0.25, 0.3) is 0 Å². The van der Waals surface area contributed by atoms with Crippen LogP contribution in [0.3, 0.4) is 0 Å². The average Bonchev–Trinajstić information content (AvgIpc) is 3.32. The molecule has 3 aliphatic heterocycles. The monoisotopic (exact) mass is 453 g/mol. The zero-order valence-corrected chi connectivity index (χ0v) is 18.7. The Kier molecular flexibility index (Phi) is 4.54. The van der Waals surface area contributed by atoms with Gasteiger partial charge in [-0.1, -0.05) is 41.9 Å². The van der Waals surface area contributed by atoms with E-state index in [9.17, 15) is 19.5 Å². The van der Waals surface area contributed by atoms with Crippen LogP contribution in [0.15, 0.2) is 48.5 Å². The number of amides is 3. The third-order valence-electron chi connectivity index (χ3n) is 6.78. The highest BCUT2D eigenvalue weighted by Crippen LogP contribution is 2.55. The summed E-state index contributed by atoms with van der Waals surface area (Å²) >= 11 is 5.99. The second-order valence-electron chi connectivity index (χ2n) is 9.66. The maximum Gasteiger partial charge on any atom is 0.250 e. The van der Waals surface area contributed by atoms with Gasteiger partial charge in [-0.05, 0) is 44.5 Å². The Morgan fingerprint density at radius 2 is 1.69 bits per heavy atom. The van der Waals surface area contributed by atoms with Gasteiger partial charge in [0.25, 0.3) is 0 Å². The van der Waals surface area contributed by atoms with E-state index in [2.05, 4.69) is 10.6 Å². The average molecular weight is 454 g/mol. The summed E-state index contributed by atoms with van der Waals surface area (Å²) < 4.78 is 0. The Morgan fingerprint density at radius 1 is 1.03 bits per heavy atom. The first-order valence-electron chi connectivity index (χ1n) is 10.6. The first-order valence-corrected chi connectivity index (χ1v) is 11.0. The molecule has 5 atom stereocenters. The molecule has 166 valence electrons. The van der Waals surface area contributed by atoms with Gasteiger partial charge in [-0.25, -0.2) is 0 Å². The molecule has 2 aromatic carbocycles. The van der Waals surface area contributed by atoms with Crippen molar-refractivity contribution in [3.05, 3.63) is 64.7 Å². The Balaban J connectivity index is 1.68. The highest BCUT2D eigenvalue weighted by atomic mass is 35.5. The van der Waals surface area contributed by atoms with E-state index in [-0.39, 0.29) is 5.91 Å². The zero-order valence-electron chi connectivity index (χ0n) is 17.9. The van der Waals surface area contributed by atoms with E-state index in [0.717, 1.165) is 0 Å². The molecule has 3 N–H and O–H groups in total. The summed E-state index contributed by atoms with van der Waals surface area (Å²) in [4.78, 5) is 42.0.